The molecule has 0 bridgehead atoms. The van der Waals surface area contributed by atoms with E-state index in [1.807, 2.05) is 55.5 Å². The van der Waals surface area contributed by atoms with E-state index in [2.05, 4.69) is 11.7 Å². The van der Waals surface area contributed by atoms with Gasteiger partial charge < -0.3 is 9.47 Å². The van der Waals surface area contributed by atoms with Crippen molar-refractivity contribution >= 4 is 12.7 Å². The summed E-state index contributed by atoms with van der Waals surface area (Å²) in [7, 11) is 1.59. The third-order valence-corrected chi connectivity index (χ3v) is 3.82. The molecule has 0 saturated carbocycles. The Bertz CT molecular complexity index is 1030. The molecule has 5 nitrogen and oxygen atoms in total. The number of aromatic nitrogens is 2. The van der Waals surface area contributed by atoms with Crippen LogP contribution in [0.4, 0.5) is 0 Å². The van der Waals surface area contributed by atoms with Crippen LogP contribution in [0, 0.1) is 0 Å². The Morgan fingerprint density at radius 2 is 1.92 bits per heavy atom. The number of H-pyrrole nitrogens is 1. The molecule has 3 aromatic rings. The van der Waals surface area contributed by atoms with E-state index >= 15 is 0 Å². The summed E-state index contributed by atoms with van der Waals surface area (Å²) < 4.78 is 12.4. The van der Waals surface area contributed by atoms with Gasteiger partial charge in [0.2, 0.25) is 0 Å². The molecule has 128 valence electrons. The van der Waals surface area contributed by atoms with Crippen molar-refractivity contribution in [1.29, 1.82) is 0 Å². The van der Waals surface area contributed by atoms with Crippen molar-refractivity contribution in [3.8, 4) is 17.2 Å². The smallest absolute Gasteiger partial charge is 0.279 e. The predicted octanol–water partition coefficient (Wildman–Crippen LogP) is 1.81. The van der Waals surface area contributed by atoms with Crippen LogP contribution in [0.5, 0.6) is 11.5 Å². The van der Waals surface area contributed by atoms with Crippen LogP contribution in [0.15, 0.2) is 53.3 Å². The number of nitrogens with one attached hydrogen (secondary N) is 1. The van der Waals surface area contributed by atoms with E-state index in [1.165, 1.54) is 4.68 Å². The van der Waals surface area contributed by atoms with Gasteiger partial charge in [0, 0.05) is 0 Å². The largest absolute Gasteiger partial charge is 0.493 e. The van der Waals surface area contributed by atoms with Crippen molar-refractivity contribution in [2.45, 2.75) is 6.92 Å². The van der Waals surface area contributed by atoms with Gasteiger partial charge in [0.05, 0.1) is 30.0 Å². The number of hydrogen-bond acceptors (Lipinski definition) is 3. The number of ether oxygens (including phenoxy) is 2. The number of hydrogen-bond donors (Lipinski definition) is 1. The van der Waals surface area contributed by atoms with Gasteiger partial charge in [-0.15, -0.1) is 0 Å². The zero-order valence-corrected chi connectivity index (χ0v) is 14.3. The highest BCUT2D eigenvalue weighted by Crippen LogP contribution is 2.28. The van der Waals surface area contributed by atoms with Crippen molar-refractivity contribution in [3.63, 3.8) is 0 Å². The minimum absolute atomic E-state index is 0.149. The summed E-state index contributed by atoms with van der Waals surface area (Å²) >= 11 is 0. The molecular weight excluding hydrogens is 316 g/mol. The lowest BCUT2D eigenvalue weighted by atomic mass is 10.1. The van der Waals surface area contributed by atoms with Gasteiger partial charge in [-0.2, -0.15) is 0 Å². The molecule has 0 amide bonds. The summed E-state index contributed by atoms with van der Waals surface area (Å²) in [6.07, 6.45) is 1.79. The lowest BCUT2D eigenvalue weighted by Crippen LogP contribution is -2.33. The van der Waals surface area contributed by atoms with E-state index in [-0.39, 0.29) is 5.56 Å². The third-order valence-electron chi connectivity index (χ3n) is 3.82. The molecule has 0 unspecified atom stereocenters. The molecule has 0 aliphatic rings. The molecule has 3 rings (SSSR count). The Kier molecular flexibility index (Phi) is 4.75. The lowest BCUT2D eigenvalue weighted by Gasteiger charge is -2.09. The van der Waals surface area contributed by atoms with Crippen LogP contribution < -0.4 is 25.6 Å². The van der Waals surface area contributed by atoms with Gasteiger partial charge in [0.15, 0.2) is 11.5 Å². The maximum Gasteiger partial charge on any atom is 0.279 e. The summed E-state index contributed by atoms with van der Waals surface area (Å²) in [5, 5.41) is 4.08. The molecule has 0 fully saturated rings. The van der Waals surface area contributed by atoms with Gasteiger partial charge in [-0.05, 0) is 42.8 Å². The number of para-hydroxylation sites is 1. The molecule has 0 spiro atoms. The molecule has 5 heteroatoms. The normalized spacial score (nSPS) is 11.5. The second-order valence-electron chi connectivity index (χ2n) is 5.47. The first-order valence-corrected chi connectivity index (χ1v) is 8.02. The second-order valence-corrected chi connectivity index (χ2v) is 5.47. The second kappa shape index (κ2) is 7.13. The van der Waals surface area contributed by atoms with Crippen LogP contribution in [-0.2, 0) is 0 Å². The van der Waals surface area contributed by atoms with Gasteiger partial charge >= 0.3 is 0 Å². The molecule has 2 aromatic carbocycles. The molecule has 0 aliphatic carbocycles. The van der Waals surface area contributed by atoms with Gasteiger partial charge in [0.1, 0.15) is 0 Å². The van der Waals surface area contributed by atoms with E-state index < -0.39 is 0 Å². The fourth-order valence-corrected chi connectivity index (χ4v) is 2.62. The predicted molar refractivity (Wildman–Crippen MR) is 98.9 cm³/mol. The standard InChI is InChI=1S/C20H20N2O3/c1-4-25-18-11-10-15(13-19(18)24-3)12-17-14(2)21-22(20(17)23)16-8-6-5-7-9-16/h5-13,21H,2,4H2,1,3H3/b17-12+. The number of nitrogens with zero attached hydrogens (tertiary/aromatic N) is 1. The van der Waals surface area contributed by atoms with Gasteiger partial charge in [0.25, 0.3) is 5.56 Å². The van der Waals surface area contributed by atoms with E-state index in [0.717, 1.165) is 11.3 Å². The molecule has 0 saturated heterocycles. The van der Waals surface area contributed by atoms with Gasteiger partial charge in [-0.25, -0.2) is 4.68 Å². The monoisotopic (exact) mass is 336 g/mol. The zero-order chi connectivity index (χ0) is 17.8. The Morgan fingerprint density at radius 1 is 1.16 bits per heavy atom. The van der Waals surface area contributed by atoms with Crippen LogP contribution in [0.1, 0.15) is 12.5 Å². The van der Waals surface area contributed by atoms with Crippen molar-refractivity contribution in [1.82, 2.24) is 9.78 Å². The summed E-state index contributed by atoms with van der Waals surface area (Å²) in [6, 6.07) is 14.9. The van der Waals surface area contributed by atoms with E-state index in [0.29, 0.717) is 28.7 Å². The molecule has 0 atom stereocenters. The fourth-order valence-electron chi connectivity index (χ4n) is 2.62. The van der Waals surface area contributed by atoms with Gasteiger partial charge in [-0.1, -0.05) is 30.8 Å². The average molecular weight is 336 g/mol. The van der Waals surface area contributed by atoms with Crippen LogP contribution >= 0.6 is 0 Å². The van der Waals surface area contributed by atoms with Crippen LogP contribution in [0.25, 0.3) is 18.3 Å². The summed E-state index contributed by atoms with van der Waals surface area (Å²) in [5.41, 5.74) is 1.45. The van der Waals surface area contributed by atoms with Crippen LogP contribution in [-0.4, -0.2) is 23.5 Å². The molecule has 25 heavy (non-hydrogen) atoms. The Hall–Kier alpha value is -3.21. The van der Waals surface area contributed by atoms with Gasteiger partial charge in [-0.3, -0.25) is 9.89 Å². The van der Waals surface area contributed by atoms with Crippen LogP contribution in [0.2, 0.25) is 0 Å². The molecule has 0 aliphatic heterocycles. The highest BCUT2D eigenvalue weighted by Gasteiger charge is 2.07. The van der Waals surface area contributed by atoms with Crippen molar-refractivity contribution in [2.24, 2.45) is 0 Å². The Balaban J connectivity index is 2.10. The highest BCUT2D eigenvalue weighted by molar-refractivity contribution is 5.56. The number of rotatable bonds is 5. The summed E-state index contributed by atoms with van der Waals surface area (Å²) in [4.78, 5) is 12.7. The average Bonchev–Trinajstić information content (AvgIpc) is 2.92. The highest BCUT2D eigenvalue weighted by atomic mass is 16.5. The fraction of sp³-hybridized carbons (Fsp3) is 0.150. The first-order valence-electron chi connectivity index (χ1n) is 8.02. The lowest BCUT2D eigenvalue weighted by molar-refractivity contribution is 0.311. The van der Waals surface area contributed by atoms with E-state index in [1.54, 1.807) is 13.2 Å². The van der Waals surface area contributed by atoms with E-state index in [9.17, 15) is 4.79 Å². The Labute approximate surface area is 145 Å². The van der Waals surface area contributed by atoms with Crippen molar-refractivity contribution in [2.75, 3.05) is 13.7 Å². The maximum atomic E-state index is 12.7. The third kappa shape index (κ3) is 3.35. The van der Waals surface area contributed by atoms with E-state index in [4.69, 9.17) is 9.47 Å². The Morgan fingerprint density at radius 3 is 2.60 bits per heavy atom. The summed E-state index contributed by atoms with van der Waals surface area (Å²) in [6.45, 7) is 6.42. The zero-order valence-electron chi connectivity index (χ0n) is 14.3. The molecule has 1 heterocycles. The summed E-state index contributed by atoms with van der Waals surface area (Å²) in [5.74, 6) is 1.30. The SMILES string of the molecule is C=c1[nH]n(-c2ccccc2)c(=O)/c1=C/c1ccc(OCC)c(OC)c1. The molecule has 1 N–H and O–H groups in total. The molecule has 1 aromatic heterocycles. The molecular formula is C20H20N2O3. The van der Waals surface area contributed by atoms with Crippen molar-refractivity contribution in [3.05, 3.63) is 75.0 Å². The first-order chi connectivity index (χ1) is 12.1. The topological polar surface area (TPSA) is 56.2 Å². The first kappa shape index (κ1) is 16.6. The number of aromatic amines is 1. The van der Waals surface area contributed by atoms with Crippen molar-refractivity contribution < 1.29 is 9.47 Å². The molecule has 0 radical (unpaired) electrons. The van der Waals surface area contributed by atoms with Crippen LogP contribution in [0.3, 0.4) is 0 Å². The number of methoxy groups -OCH3 is 1. The maximum absolute atomic E-state index is 12.7. The number of benzene rings is 2. The minimum Gasteiger partial charge on any atom is -0.493 e. The quantitative estimate of drug-likeness (QED) is 0.773. The minimum atomic E-state index is -0.149.